The van der Waals surface area contributed by atoms with Crippen LogP contribution in [0.15, 0.2) is 93.5 Å². The fourth-order valence-electron chi connectivity index (χ4n) is 3.11. The SMILES string of the molecule is CCC1(Oc2ccc([S+](c3ccccc3)c3ccccc3)cc2F)CC1. The molecular weight excluding hydrogens is 343 g/mol. The van der Waals surface area contributed by atoms with Gasteiger partial charge in [0, 0.05) is 6.07 Å². The Morgan fingerprint density at radius 1 is 0.846 bits per heavy atom. The molecule has 3 aromatic carbocycles. The maximum Gasteiger partial charge on any atom is 0.170 e. The first-order valence-corrected chi connectivity index (χ1v) is 10.3. The zero-order valence-electron chi connectivity index (χ0n) is 14.8. The molecule has 0 unspecified atom stereocenters. The van der Waals surface area contributed by atoms with E-state index in [1.807, 2.05) is 42.5 Å². The lowest BCUT2D eigenvalue weighted by molar-refractivity contribution is 0.166. The molecule has 0 aromatic heterocycles. The van der Waals surface area contributed by atoms with Crippen LogP contribution in [0.4, 0.5) is 4.39 Å². The molecule has 0 radical (unpaired) electrons. The standard InChI is InChI=1S/C23H22FOS/c1-2-23(15-16-23)25-22-14-13-20(17-21(22)24)26(18-9-5-3-6-10-18)19-11-7-4-8-12-19/h3-14,17H,2,15-16H2,1H3/q+1. The van der Waals surface area contributed by atoms with E-state index in [0.717, 1.165) is 24.2 Å². The average molecular weight is 365 g/mol. The van der Waals surface area contributed by atoms with E-state index in [1.54, 1.807) is 12.1 Å². The monoisotopic (exact) mass is 365 g/mol. The van der Waals surface area contributed by atoms with Crippen LogP contribution in [0, 0.1) is 5.82 Å². The van der Waals surface area contributed by atoms with Gasteiger partial charge in [0.2, 0.25) is 0 Å². The molecule has 0 amide bonds. The predicted octanol–water partition coefficient (Wildman–Crippen LogP) is 6.24. The Balaban J connectivity index is 1.71. The van der Waals surface area contributed by atoms with Gasteiger partial charge >= 0.3 is 0 Å². The predicted molar refractivity (Wildman–Crippen MR) is 104 cm³/mol. The third-order valence-electron chi connectivity index (χ3n) is 4.88. The Labute approximate surface area is 157 Å². The van der Waals surface area contributed by atoms with Crippen LogP contribution in [0.25, 0.3) is 0 Å². The molecule has 1 aliphatic rings. The zero-order chi connectivity index (χ0) is 18.0. The van der Waals surface area contributed by atoms with E-state index in [9.17, 15) is 4.39 Å². The van der Waals surface area contributed by atoms with Crippen molar-refractivity contribution in [3.05, 3.63) is 84.7 Å². The van der Waals surface area contributed by atoms with Gasteiger partial charge in [-0.3, -0.25) is 0 Å². The lowest BCUT2D eigenvalue weighted by Crippen LogP contribution is -2.17. The van der Waals surface area contributed by atoms with Crippen molar-refractivity contribution in [2.24, 2.45) is 0 Å². The van der Waals surface area contributed by atoms with Gasteiger partial charge in [0.15, 0.2) is 26.3 Å². The number of halogens is 1. The lowest BCUT2D eigenvalue weighted by atomic mass is 10.2. The summed E-state index contributed by atoms with van der Waals surface area (Å²) in [7, 11) is -0.338. The quantitative estimate of drug-likeness (QED) is 0.470. The molecule has 1 nitrogen and oxygen atoms in total. The Bertz CT molecular complexity index is 836. The number of rotatable bonds is 6. The van der Waals surface area contributed by atoms with Crippen LogP contribution >= 0.6 is 0 Å². The van der Waals surface area contributed by atoms with E-state index in [0.29, 0.717) is 5.75 Å². The fourth-order valence-corrected chi connectivity index (χ4v) is 5.21. The molecule has 1 aliphatic carbocycles. The summed E-state index contributed by atoms with van der Waals surface area (Å²) >= 11 is 0. The molecule has 0 heterocycles. The molecular formula is C23H22FOS+. The van der Waals surface area contributed by atoms with Crippen molar-refractivity contribution in [1.82, 2.24) is 0 Å². The van der Waals surface area contributed by atoms with E-state index >= 15 is 0 Å². The molecule has 1 saturated carbocycles. The van der Waals surface area contributed by atoms with Gasteiger partial charge in [0.1, 0.15) is 5.60 Å². The Morgan fingerprint density at radius 2 is 1.42 bits per heavy atom. The van der Waals surface area contributed by atoms with E-state index in [2.05, 4.69) is 31.2 Å². The second-order valence-corrected chi connectivity index (χ2v) is 8.69. The van der Waals surface area contributed by atoms with Crippen molar-refractivity contribution in [1.29, 1.82) is 0 Å². The van der Waals surface area contributed by atoms with Crippen LogP contribution < -0.4 is 4.74 Å². The Morgan fingerprint density at radius 3 is 1.88 bits per heavy atom. The molecule has 0 saturated heterocycles. The summed E-state index contributed by atoms with van der Waals surface area (Å²) in [6, 6.07) is 26.0. The highest BCUT2D eigenvalue weighted by molar-refractivity contribution is 7.97. The van der Waals surface area contributed by atoms with E-state index in [1.165, 1.54) is 9.79 Å². The number of benzene rings is 3. The molecule has 3 aromatic rings. The van der Waals surface area contributed by atoms with Crippen LogP contribution in [-0.2, 0) is 10.9 Å². The van der Waals surface area contributed by atoms with Crippen molar-refractivity contribution in [3.8, 4) is 5.75 Å². The number of hydrogen-bond donors (Lipinski definition) is 0. The summed E-state index contributed by atoms with van der Waals surface area (Å²) in [5, 5.41) is 0. The second-order valence-electron chi connectivity index (χ2n) is 6.66. The van der Waals surface area contributed by atoms with Crippen LogP contribution in [0.5, 0.6) is 5.75 Å². The van der Waals surface area contributed by atoms with Crippen molar-refractivity contribution in [3.63, 3.8) is 0 Å². The molecule has 1 fully saturated rings. The summed E-state index contributed by atoms with van der Waals surface area (Å²) in [5.41, 5.74) is -0.136. The van der Waals surface area contributed by atoms with E-state index in [4.69, 9.17) is 4.74 Å². The minimum Gasteiger partial charge on any atom is -0.484 e. The minimum absolute atomic E-state index is 0.136. The molecule has 0 bridgehead atoms. The smallest absolute Gasteiger partial charge is 0.170 e. The van der Waals surface area contributed by atoms with Crippen molar-refractivity contribution in [2.45, 2.75) is 46.5 Å². The molecule has 132 valence electrons. The Hall–Kier alpha value is -2.26. The summed E-state index contributed by atoms with van der Waals surface area (Å²) < 4.78 is 20.8. The van der Waals surface area contributed by atoms with Crippen molar-refractivity contribution < 1.29 is 9.13 Å². The third kappa shape index (κ3) is 3.49. The summed E-state index contributed by atoms with van der Waals surface area (Å²) in [4.78, 5) is 3.33. The highest BCUT2D eigenvalue weighted by Gasteiger charge is 2.44. The van der Waals surface area contributed by atoms with Gasteiger partial charge < -0.3 is 4.74 Å². The topological polar surface area (TPSA) is 9.23 Å². The molecule has 3 heteroatoms. The highest BCUT2D eigenvalue weighted by Crippen LogP contribution is 2.44. The molecule has 0 atom stereocenters. The molecule has 0 spiro atoms. The first-order chi connectivity index (χ1) is 12.7. The fraction of sp³-hybridized carbons (Fsp3) is 0.217. The molecule has 4 rings (SSSR count). The molecule has 0 N–H and O–H groups in total. The van der Waals surface area contributed by atoms with Crippen LogP contribution in [-0.4, -0.2) is 5.60 Å². The third-order valence-corrected chi connectivity index (χ3v) is 7.09. The first-order valence-electron chi connectivity index (χ1n) is 9.04. The Kier molecular flexibility index (Phi) is 4.73. The van der Waals surface area contributed by atoms with Crippen molar-refractivity contribution in [2.75, 3.05) is 0 Å². The first kappa shape index (κ1) is 17.2. The molecule has 0 aliphatic heterocycles. The van der Waals surface area contributed by atoms with Crippen LogP contribution in [0.1, 0.15) is 26.2 Å². The van der Waals surface area contributed by atoms with Gasteiger partial charge in [-0.2, -0.15) is 0 Å². The van der Waals surface area contributed by atoms with E-state index < -0.39 is 0 Å². The largest absolute Gasteiger partial charge is 0.484 e. The normalized spacial score (nSPS) is 15.0. The van der Waals surface area contributed by atoms with Gasteiger partial charge in [-0.1, -0.05) is 43.3 Å². The lowest BCUT2D eigenvalue weighted by Gasteiger charge is -2.17. The van der Waals surface area contributed by atoms with Crippen LogP contribution in [0.2, 0.25) is 0 Å². The zero-order valence-corrected chi connectivity index (χ0v) is 15.6. The number of hydrogen-bond acceptors (Lipinski definition) is 1. The number of ether oxygens (including phenoxy) is 1. The highest BCUT2D eigenvalue weighted by atomic mass is 32.2. The summed E-state index contributed by atoms with van der Waals surface area (Å²) in [6.07, 6.45) is 2.96. The van der Waals surface area contributed by atoms with Gasteiger partial charge in [-0.15, -0.1) is 0 Å². The summed E-state index contributed by atoms with van der Waals surface area (Å²) in [5.74, 6) is 0.101. The van der Waals surface area contributed by atoms with Crippen LogP contribution in [0.3, 0.4) is 0 Å². The van der Waals surface area contributed by atoms with Crippen molar-refractivity contribution >= 4 is 10.9 Å². The maximum atomic E-state index is 14.8. The van der Waals surface area contributed by atoms with Gasteiger partial charge in [-0.05, 0) is 55.7 Å². The minimum atomic E-state index is -0.338. The molecule has 26 heavy (non-hydrogen) atoms. The summed E-state index contributed by atoms with van der Waals surface area (Å²) in [6.45, 7) is 2.10. The average Bonchev–Trinajstić information content (AvgIpc) is 3.46. The van der Waals surface area contributed by atoms with E-state index in [-0.39, 0.29) is 22.3 Å². The maximum absolute atomic E-state index is 14.8. The second kappa shape index (κ2) is 7.16. The van der Waals surface area contributed by atoms with Gasteiger partial charge in [0.25, 0.3) is 0 Å². The van der Waals surface area contributed by atoms with Gasteiger partial charge in [-0.25, -0.2) is 4.39 Å². The van der Waals surface area contributed by atoms with Gasteiger partial charge in [0.05, 0.1) is 10.9 Å².